The molecule has 0 amide bonds. The first-order chi connectivity index (χ1) is 9.00. The van der Waals surface area contributed by atoms with Gasteiger partial charge in [0.25, 0.3) is 0 Å². The smallest absolute Gasteiger partial charge is 0.176 e. The van der Waals surface area contributed by atoms with Gasteiger partial charge in [-0.05, 0) is 26.0 Å². The van der Waals surface area contributed by atoms with Gasteiger partial charge in [-0.15, -0.1) is 0 Å². The fourth-order valence-corrected chi connectivity index (χ4v) is 3.52. The number of Topliss-reactive ketones (excluding diaryl/α,β-unsaturated/α-hetero) is 1. The molecule has 0 radical (unpaired) electrons. The van der Waals surface area contributed by atoms with Crippen LogP contribution < -0.4 is 4.74 Å². The van der Waals surface area contributed by atoms with Crippen molar-refractivity contribution < 1.29 is 9.53 Å². The number of hydrogen-bond donors (Lipinski definition) is 0. The second kappa shape index (κ2) is 5.97. The van der Waals surface area contributed by atoms with E-state index in [1.807, 2.05) is 36.0 Å². The van der Waals surface area contributed by atoms with Crippen LogP contribution in [0.3, 0.4) is 0 Å². The van der Waals surface area contributed by atoms with Gasteiger partial charge in [-0.2, -0.15) is 11.8 Å². The summed E-state index contributed by atoms with van der Waals surface area (Å²) in [5.74, 6) is 2.00. The van der Waals surface area contributed by atoms with Crippen LogP contribution in [0.1, 0.15) is 24.2 Å². The Kier molecular flexibility index (Phi) is 4.53. The van der Waals surface area contributed by atoms with E-state index in [-0.39, 0.29) is 10.5 Å². The summed E-state index contributed by atoms with van der Waals surface area (Å²) in [6.07, 6.45) is 0. The zero-order valence-corrected chi connectivity index (χ0v) is 12.6. The number of carbonyl (C=O) groups excluding carboxylic acids is 1. The van der Waals surface area contributed by atoms with Crippen LogP contribution in [-0.4, -0.2) is 47.9 Å². The van der Waals surface area contributed by atoms with Crippen LogP contribution in [0.5, 0.6) is 5.75 Å². The first kappa shape index (κ1) is 14.4. The zero-order valence-electron chi connectivity index (χ0n) is 11.8. The Labute approximate surface area is 119 Å². The summed E-state index contributed by atoms with van der Waals surface area (Å²) >= 11 is 1.98. The number of ether oxygens (including phenoxy) is 1. The molecule has 0 spiro atoms. The molecular formula is C15H21NO2S. The number of methoxy groups -OCH3 is 1. The molecule has 0 aromatic heterocycles. The van der Waals surface area contributed by atoms with Crippen LogP contribution in [0.15, 0.2) is 24.3 Å². The summed E-state index contributed by atoms with van der Waals surface area (Å²) in [5.41, 5.74) is 0.732. The largest absolute Gasteiger partial charge is 0.497 e. The predicted molar refractivity (Wildman–Crippen MR) is 80.3 cm³/mol. The lowest BCUT2D eigenvalue weighted by Crippen LogP contribution is -2.45. The van der Waals surface area contributed by atoms with E-state index >= 15 is 0 Å². The number of hydrogen-bond acceptors (Lipinski definition) is 4. The topological polar surface area (TPSA) is 29.5 Å². The van der Waals surface area contributed by atoms with Crippen molar-refractivity contribution in [3.05, 3.63) is 29.8 Å². The highest BCUT2D eigenvalue weighted by atomic mass is 32.2. The molecule has 1 aromatic rings. The monoisotopic (exact) mass is 279 g/mol. The van der Waals surface area contributed by atoms with Gasteiger partial charge in [0.1, 0.15) is 5.75 Å². The van der Waals surface area contributed by atoms with Crippen molar-refractivity contribution in [2.75, 3.05) is 32.5 Å². The van der Waals surface area contributed by atoms with Crippen molar-refractivity contribution in [2.45, 2.75) is 18.6 Å². The van der Waals surface area contributed by atoms with E-state index in [0.29, 0.717) is 6.54 Å². The predicted octanol–water partition coefficient (Wildman–Crippen LogP) is 2.71. The molecule has 1 aliphatic heterocycles. The molecule has 1 heterocycles. The van der Waals surface area contributed by atoms with Crippen molar-refractivity contribution in [2.24, 2.45) is 0 Å². The lowest BCUT2D eigenvalue weighted by Gasteiger charge is -2.37. The van der Waals surface area contributed by atoms with Gasteiger partial charge in [0.2, 0.25) is 0 Å². The Balaban J connectivity index is 2.00. The van der Waals surface area contributed by atoms with Crippen LogP contribution in [0.2, 0.25) is 0 Å². The van der Waals surface area contributed by atoms with Crippen molar-refractivity contribution >= 4 is 17.5 Å². The fraction of sp³-hybridized carbons (Fsp3) is 0.533. The SMILES string of the molecule is COc1cccc(C(=O)CN2CCSC(C)(C)C2)c1. The second-order valence-corrected chi connectivity index (χ2v) is 7.28. The van der Waals surface area contributed by atoms with E-state index < -0.39 is 0 Å². The van der Waals surface area contributed by atoms with Crippen LogP contribution in [-0.2, 0) is 0 Å². The molecule has 104 valence electrons. The number of thioether (sulfide) groups is 1. The lowest BCUT2D eigenvalue weighted by molar-refractivity contribution is 0.0927. The molecule has 19 heavy (non-hydrogen) atoms. The van der Waals surface area contributed by atoms with Crippen molar-refractivity contribution in [1.82, 2.24) is 4.90 Å². The summed E-state index contributed by atoms with van der Waals surface area (Å²) in [5, 5.41) is 0. The average Bonchev–Trinajstić information content (AvgIpc) is 2.37. The third-order valence-electron chi connectivity index (χ3n) is 3.26. The summed E-state index contributed by atoms with van der Waals surface area (Å²) in [6, 6.07) is 7.39. The maximum absolute atomic E-state index is 12.3. The van der Waals surface area contributed by atoms with Gasteiger partial charge >= 0.3 is 0 Å². The van der Waals surface area contributed by atoms with Crippen molar-refractivity contribution in [3.8, 4) is 5.75 Å². The number of ketones is 1. The molecule has 0 N–H and O–H groups in total. The standard InChI is InChI=1S/C15H21NO2S/c1-15(2)11-16(7-8-19-15)10-14(17)12-5-4-6-13(9-12)18-3/h4-6,9H,7-8,10-11H2,1-3H3. The lowest BCUT2D eigenvalue weighted by atomic mass is 10.1. The molecular weight excluding hydrogens is 258 g/mol. The van der Waals surface area contributed by atoms with Gasteiger partial charge in [-0.3, -0.25) is 9.69 Å². The summed E-state index contributed by atoms with van der Waals surface area (Å²) in [7, 11) is 1.62. The van der Waals surface area contributed by atoms with Gasteiger partial charge in [0, 0.05) is 29.2 Å². The molecule has 2 rings (SSSR count). The van der Waals surface area contributed by atoms with Gasteiger partial charge in [0.15, 0.2) is 5.78 Å². The highest BCUT2D eigenvalue weighted by molar-refractivity contribution is 8.00. The minimum atomic E-state index is 0.168. The van der Waals surface area contributed by atoms with E-state index in [1.165, 1.54) is 0 Å². The van der Waals surface area contributed by atoms with Crippen LogP contribution in [0.4, 0.5) is 0 Å². The number of carbonyl (C=O) groups is 1. The molecule has 0 saturated carbocycles. The van der Waals surface area contributed by atoms with E-state index in [0.717, 1.165) is 30.2 Å². The molecule has 1 aromatic carbocycles. The first-order valence-corrected chi connectivity index (χ1v) is 7.52. The fourth-order valence-electron chi connectivity index (χ4n) is 2.34. The van der Waals surface area contributed by atoms with Crippen LogP contribution in [0, 0.1) is 0 Å². The summed E-state index contributed by atoms with van der Waals surface area (Å²) < 4.78 is 5.40. The molecule has 1 saturated heterocycles. The van der Waals surface area contributed by atoms with E-state index in [9.17, 15) is 4.79 Å². The van der Waals surface area contributed by atoms with E-state index in [1.54, 1.807) is 7.11 Å². The summed E-state index contributed by atoms with van der Waals surface area (Å²) in [4.78, 5) is 14.5. The Morgan fingerprint density at radius 1 is 1.47 bits per heavy atom. The minimum absolute atomic E-state index is 0.168. The highest BCUT2D eigenvalue weighted by Crippen LogP contribution is 2.29. The highest BCUT2D eigenvalue weighted by Gasteiger charge is 2.28. The first-order valence-electron chi connectivity index (χ1n) is 6.54. The molecule has 0 unspecified atom stereocenters. The molecule has 4 heteroatoms. The van der Waals surface area contributed by atoms with Gasteiger partial charge in [-0.25, -0.2) is 0 Å². The molecule has 1 aliphatic rings. The van der Waals surface area contributed by atoms with Gasteiger partial charge < -0.3 is 4.74 Å². The minimum Gasteiger partial charge on any atom is -0.497 e. The molecule has 3 nitrogen and oxygen atoms in total. The van der Waals surface area contributed by atoms with Crippen molar-refractivity contribution in [1.29, 1.82) is 0 Å². The Hall–Kier alpha value is -1.00. The Morgan fingerprint density at radius 2 is 2.26 bits per heavy atom. The quantitative estimate of drug-likeness (QED) is 0.793. The van der Waals surface area contributed by atoms with Gasteiger partial charge in [0.05, 0.1) is 13.7 Å². The second-order valence-electron chi connectivity index (χ2n) is 5.47. The molecule has 1 fully saturated rings. The average molecular weight is 279 g/mol. The maximum Gasteiger partial charge on any atom is 0.176 e. The van der Waals surface area contributed by atoms with Gasteiger partial charge in [-0.1, -0.05) is 12.1 Å². The normalized spacial score (nSPS) is 19.1. The molecule has 0 bridgehead atoms. The Morgan fingerprint density at radius 3 is 2.95 bits per heavy atom. The number of benzene rings is 1. The molecule has 0 aliphatic carbocycles. The third kappa shape index (κ3) is 3.98. The van der Waals surface area contributed by atoms with Crippen LogP contribution in [0.25, 0.3) is 0 Å². The van der Waals surface area contributed by atoms with E-state index in [4.69, 9.17) is 4.74 Å². The zero-order chi connectivity index (χ0) is 13.9. The maximum atomic E-state index is 12.3. The summed E-state index contributed by atoms with van der Waals surface area (Å²) in [6.45, 7) is 6.92. The van der Waals surface area contributed by atoms with Crippen LogP contribution >= 0.6 is 11.8 Å². The van der Waals surface area contributed by atoms with Crippen molar-refractivity contribution in [3.63, 3.8) is 0 Å². The van der Waals surface area contributed by atoms with E-state index in [2.05, 4.69) is 18.7 Å². The third-order valence-corrected chi connectivity index (χ3v) is 4.56. The number of rotatable bonds is 4. The Bertz CT molecular complexity index is 459. The number of nitrogens with zero attached hydrogens (tertiary/aromatic N) is 1. The molecule has 0 atom stereocenters.